The van der Waals surface area contributed by atoms with E-state index in [1.54, 1.807) is 48.5 Å². The maximum atomic E-state index is 12.5. The molecule has 0 spiro atoms. The molecule has 0 aliphatic rings. The van der Waals surface area contributed by atoms with Crippen LogP contribution < -0.4 is 20.5 Å². The zero-order valence-corrected chi connectivity index (χ0v) is 16.8. The number of amides is 2. The molecular weight excluding hydrogens is 428 g/mol. The minimum absolute atomic E-state index is 0.105. The lowest BCUT2D eigenvalue weighted by atomic mass is 10.1. The van der Waals surface area contributed by atoms with E-state index < -0.39 is 23.8 Å². The first-order chi connectivity index (χ1) is 13.3. The highest BCUT2D eigenvalue weighted by atomic mass is 79.9. The van der Waals surface area contributed by atoms with E-state index in [1.165, 1.54) is 20.1 Å². The third-order valence-corrected chi connectivity index (χ3v) is 4.26. The van der Waals surface area contributed by atoms with Gasteiger partial charge in [-0.25, -0.2) is 0 Å². The van der Waals surface area contributed by atoms with Gasteiger partial charge in [0.25, 0.3) is 11.8 Å². The fraction of sp³-hybridized carbons (Fsp3) is 0.150. The van der Waals surface area contributed by atoms with Crippen molar-refractivity contribution in [3.05, 3.63) is 69.8 Å². The zero-order chi connectivity index (χ0) is 20.7. The summed E-state index contributed by atoms with van der Waals surface area (Å²) in [6.07, 6.45) is 1.44. The Morgan fingerprint density at radius 3 is 2.21 bits per heavy atom. The predicted molar refractivity (Wildman–Crippen MR) is 105 cm³/mol. The molecule has 0 heterocycles. The van der Waals surface area contributed by atoms with Gasteiger partial charge in [0.2, 0.25) is 0 Å². The highest BCUT2D eigenvalue weighted by Crippen LogP contribution is 2.15. The van der Waals surface area contributed by atoms with Crippen LogP contribution in [0.1, 0.15) is 22.8 Å². The molecule has 2 N–H and O–H groups in total. The van der Waals surface area contributed by atoms with Crippen molar-refractivity contribution in [3.8, 4) is 5.75 Å². The summed E-state index contributed by atoms with van der Waals surface area (Å²) in [7, 11) is 1.53. The van der Waals surface area contributed by atoms with E-state index in [0.717, 1.165) is 4.47 Å². The lowest BCUT2D eigenvalue weighted by Gasteiger charge is -2.17. The number of halogens is 1. The number of methoxy groups -OCH3 is 1. The number of carbonyl (C=O) groups is 3. The van der Waals surface area contributed by atoms with Gasteiger partial charge in [0, 0.05) is 10.0 Å². The van der Waals surface area contributed by atoms with Gasteiger partial charge in [-0.2, -0.15) is 0 Å². The Bertz CT molecular complexity index is 892. The van der Waals surface area contributed by atoms with E-state index >= 15 is 0 Å². The van der Waals surface area contributed by atoms with Crippen LogP contribution in [0.4, 0.5) is 0 Å². The summed E-state index contributed by atoms with van der Waals surface area (Å²) in [5.41, 5.74) is 0.846. The van der Waals surface area contributed by atoms with Gasteiger partial charge in [-0.15, -0.1) is 0 Å². The molecule has 0 aromatic heterocycles. The third-order valence-electron chi connectivity index (χ3n) is 3.73. The average molecular weight is 446 g/mol. The van der Waals surface area contributed by atoms with Gasteiger partial charge < -0.3 is 25.3 Å². The minimum Gasteiger partial charge on any atom is -0.548 e. The smallest absolute Gasteiger partial charge is 0.268 e. The lowest BCUT2D eigenvalue weighted by Crippen LogP contribution is -2.48. The molecule has 1 atom stereocenters. The van der Waals surface area contributed by atoms with Crippen molar-refractivity contribution < 1.29 is 24.2 Å². The Morgan fingerprint density at radius 1 is 1.07 bits per heavy atom. The number of carboxylic acid groups (broad SMARTS) is 1. The summed E-state index contributed by atoms with van der Waals surface area (Å²) in [6, 6.07) is 12.1. The second kappa shape index (κ2) is 9.70. The molecule has 28 heavy (non-hydrogen) atoms. The molecule has 2 aromatic carbocycles. The maximum absolute atomic E-state index is 12.5. The average Bonchev–Trinajstić information content (AvgIpc) is 2.68. The summed E-state index contributed by atoms with van der Waals surface area (Å²) in [5.74, 6) is -2.06. The van der Waals surface area contributed by atoms with Crippen LogP contribution in [0, 0.1) is 0 Å². The van der Waals surface area contributed by atoms with Gasteiger partial charge >= 0.3 is 0 Å². The first-order valence-electron chi connectivity index (χ1n) is 8.24. The Morgan fingerprint density at radius 2 is 1.68 bits per heavy atom. The van der Waals surface area contributed by atoms with E-state index in [1.807, 2.05) is 0 Å². The first-order valence-corrected chi connectivity index (χ1v) is 9.04. The number of ether oxygens (including phenoxy) is 1. The standard InChI is InChI=1S/C20H19BrN2O5/c1-12(20(26)27)22-19(25)17(11-13-3-9-16(28-2)10-4-13)23-18(24)14-5-7-15(21)8-6-14/h3-12H,1-2H3,(H,22,25)(H,23,24)(H,26,27)/p-1/b17-11-/t12-/m0/s1. The monoisotopic (exact) mass is 445 g/mol. The molecule has 2 amide bonds. The molecule has 0 fully saturated rings. The molecule has 7 nitrogen and oxygen atoms in total. The number of hydrogen-bond acceptors (Lipinski definition) is 5. The Balaban J connectivity index is 2.29. The number of aliphatic carboxylic acids is 1. The molecule has 0 aliphatic heterocycles. The number of benzene rings is 2. The summed E-state index contributed by atoms with van der Waals surface area (Å²) >= 11 is 3.29. The third kappa shape index (κ3) is 5.95. The van der Waals surface area contributed by atoms with Gasteiger partial charge in [0.1, 0.15) is 11.4 Å². The molecule has 0 aliphatic carbocycles. The van der Waals surface area contributed by atoms with Gasteiger partial charge in [-0.3, -0.25) is 9.59 Å². The molecule has 146 valence electrons. The van der Waals surface area contributed by atoms with E-state index in [2.05, 4.69) is 26.6 Å². The molecule has 0 saturated heterocycles. The van der Waals surface area contributed by atoms with Crippen molar-refractivity contribution in [1.82, 2.24) is 10.6 Å². The number of nitrogens with one attached hydrogen (secondary N) is 2. The largest absolute Gasteiger partial charge is 0.548 e. The number of rotatable bonds is 7. The summed E-state index contributed by atoms with van der Waals surface area (Å²) < 4.78 is 5.89. The normalized spacial score (nSPS) is 12.0. The van der Waals surface area contributed by atoms with Gasteiger partial charge in [0.05, 0.1) is 19.1 Å². The molecule has 0 bridgehead atoms. The van der Waals surface area contributed by atoms with Crippen LogP contribution in [0.15, 0.2) is 58.7 Å². The molecule has 0 unspecified atom stereocenters. The Hall–Kier alpha value is -3.13. The number of carbonyl (C=O) groups excluding carboxylic acids is 3. The predicted octanol–water partition coefficient (Wildman–Crippen LogP) is 1.48. The van der Waals surface area contributed by atoms with Crippen LogP contribution >= 0.6 is 15.9 Å². The van der Waals surface area contributed by atoms with Crippen LogP contribution in [0.2, 0.25) is 0 Å². The molecule has 2 aromatic rings. The van der Waals surface area contributed by atoms with Gasteiger partial charge in [-0.1, -0.05) is 28.1 Å². The van der Waals surface area contributed by atoms with Crippen molar-refractivity contribution in [3.63, 3.8) is 0 Å². The van der Waals surface area contributed by atoms with Gasteiger partial charge in [0.15, 0.2) is 0 Å². The Kier molecular flexibility index (Phi) is 7.34. The molecule has 2 rings (SSSR count). The minimum atomic E-state index is -1.43. The summed E-state index contributed by atoms with van der Waals surface area (Å²) in [5, 5.41) is 15.7. The highest BCUT2D eigenvalue weighted by molar-refractivity contribution is 9.10. The van der Waals surface area contributed by atoms with Crippen molar-refractivity contribution in [2.24, 2.45) is 0 Å². The molecular formula is C20H18BrN2O5-. The van der Waals surface area contributed by atoms with E-state index in [-0.39, 0.29) is 5.70 Å². The van der Waals surface area contributed by atoms with Crippen LogP contribution in [-0.2, 0) is 9.59 Å². The fourth-order valence-electron chi connectivity index (χ4n) is 2.15. The SMILES string of the molecule is COc1ccc(/C=C(\NC(=O)c2ccc(Br)cc2)C(=O)N[C@@H](C)C(=O)[O-])cc1. The quantitative estimate of drug-likeness (QED) is 0.627. The first kappa shape index (κ1) is 21.2. The summed E-state index contributed by atoms with van der Waals surface area (Å²) in [4.78, 5) is 35.9. The second-order valence-corrected chi connectivity index (χ2v) is 6.72. The molecule has 0 radical (unpaired) electrons. The van der Waals surface area contributed by atoms with Crippen LogP contribution in [0.3, 0.4) is 0 Å². The second-order valence-electron chi connectivity index (χ2n) is 5.81. The van der Waals surface area contributed by atoms with Crippen LogP contribution in [-0.4, -0.2) is 30.9 Å². The topological polar surface area (TPSA) is 108 Å². The van der Waals surface area contributed by atoms with E-state index in [9.17, 15) is 19.5 Å². The maximum Gasteiger partial charge on any atom is 0.268 e. The van der Waals surface area contributed by atoms with Crippen molar-refractivity contribution in [2.75, 3.05) is 7.11 Å². The Labute approximate surface area is 170 Å². The number of carboxylic acids is 1. The van der Waals surface area contributed by atoms with Crippen LogP contribution in [0.5, 0.6) is 5.75 Å². The fourth-order valence-corrected chi connectivity index (χ4v) is 2.42. The number of hydrogen-bond donors (Lipinski definition) is 2. The molecule has 0 saturated carbocycles. The van der Waals surface area contributed by atoms with Crippen molar-refractivity contribution in [2.45, 2.75) is 13.0 Å². The van der Waals surface area contributed by atoms with Crippen molar-refractivity contribution in [1.29, 1.82) is 0 Å². The highest BCUT2D eigenvalue weighted by Gasteiger charge is 2.17. The summed E-state index contributed by atoms with van der Waals surface area (Å²) in [6.45, 7) is 1.27. The molecule has 8 heteroatoms. The lowest BCUT2D eigenvalue weighted by molar-refractivity contribution is -0.307. The van der Waals surface area contributed by atoms with E-state index in [0.29, 0.717) is 16.9 Å². The zero-order valence-electron chi connectivity index (χ0n) is 15.2. The van der Waals surface area contributed by atoms with E-state index in [4.69, 9.17) is 4.74 Å². The van der Waals surface area contributed by atoms with Crippen LogP contribution in [0.25, 0.3) is 6.08 Å². The van der Waals surface area contributed by atoms with Gasteiger partial charge in [-0.05, 0) is 55.0 Å². The van der Waals surface area contributed by atoms with Crippen molar-refractivity contribution >= 4 is 39.8 Å².